The predicted molar refractivity (Wildman–Crippen MR) is 68.9 cm³/mol. The number of carbonyl (C=O) groups excluding carboxylic acids is 1. The van der Waals surface area contributed by atoms with Crippen LogP contribution in [-0.2, 0) is 6.54 Å². The molecule has 1 saturated heterocycles. The number of rotatable bonds is 1. The Balaban J connectivity index is 1.72. The minimum Gasteiger partial charge on any atom is -0.465 e. The molecule has 0 unspecified atom stereocenters. The first-order valence-electron chi connectivity index (χ1n) is 6.63. The van der Waals surface area contributed by atoms with Crippen LogP contribution in [0, 0.1) is 5.82 Å². The van der Waals surface area contributed by atoms with E-state index >= 15 is 0 Å². The van der Waals surface area contributed by atoms with E-state index in [-0.39, 0.29) is 17.8 Å². The monoisotopic (exact) mass is 278 g/mol. The minimum atomic E-state index is -0.915. The van der Waals surface area contributed by atoms with Gasteiger partial charge in [-0.3, -0.25) is 4.79 Å². The largest absolute Gasteiger partial charge is 0.465 e. The van der Waals surface area contributed by atoms with Crippen LogP contribution >= 0.6 is 0 Å². The van der Waals surface area contributed by atoms with Gasteiger partial charge in [-0.15, -0.1) is 0 Å². The maximum absolute atomic E-state index is 13.2. The summed E-state index contributed by atoms with van der Waals surface area (Å²) in [5.41, 5.74) is 1.28. The molecule has 106 valence electrons. The summed E-state index contributed by atoms with van der Waals surface area (Å²) >= 11 is 0. The van der Waals surface area contributed by atoms with Crippen molar-refractivity contribution in [3.63, 3.8) is 0 Å². The van der Waals surface area contributed by atoms with Gasteiger partial charge in [-0.05, 0) is 36.6 Å². The number of halogens is 1. The van der Waals surface area contributed by atoms with Crippen LogP contribution in [0.4, 0.5) is 9.18 Å². The van der Waals surface area contributed by atoms with Gasteiger partial charge < -0.3 is 14.9 Å². The molecule has 2 aliphatic rings. The Hall–Kier alpha value is -2.11. The van der Waals surface area contributed by atoms with E-state index in [9.17, 15) is 14.0 Å². The van der Waals surface area contributed by atoms with Gasteiger partial charge in [-0.2, -0.15) is 0 Å². The number of carbonyl (C=O) groups is 2. The zero-order valence-electron chi connectivity index (χ0n) is 10.9. The summed E-state index contributed by atoms with van der Waals surface area (Å²) in [7, 11) is 0. The van der Waals surface area contributed by atoms with Crippen LogP contribution in [-0.4, -0.2) is 46.0 Å². The fourth-order valence-electron chi connectivity index (χ4n) is 2.98. The topological polar surface area (TPSA) is 60.9 Å². The minimum absolute atomic E-state index is 0.0357. The molecule has 2 aliphatic heterocycles. The van der Waals surface area contributed by atoms with Crippen molar-refractivity contribution in [3.05, 3.63) is 35.1 Å². The van der Waals surface area contributed by atoms with Crippen LogP contribution in [0.5, 0.6) is 0 Å². The van der Waals surface area contributed by atoms with E-state index in [1.54, 1.807) is 4.90 Å². The van der Waals surface area contributed by atoms with E-state index < -0.39 is 6.09 Å². The lowest BCUT2D eigenvalue weighted by molar-refractivity contribution is 0.0597. The number of benzene rings is 1. The molecule has 0 atom stereocenters. The molecule has 1 aromatic rings. The Bertz CT molecular complexity index is 568. The quantitative estimate of drug-likeness (QED) is 0.853. The second kappa shape index (κ2) is 4.77. The Kier molecular flexibility index (Phi) is 3.08. The normalized spacial score (nSPS) is 19.4. The molecule has 5 nitrogen and oxygen atoms in total. The van der Waals surface area contributed by atoms with E-state index in [0.29, 0.717) is 38.0 Å². The summed E-state index contributed by atoms with van der Waals surface area (Å²) in [6.45, 7) is 1.30. The second-order valence-electron chi connectivity index (χ2n) is 5.24. The zero-order chi connectivity index (χ0) is 14.3. The average molecular weight is 278 g/mol. The summed E-state index contributed by atoms with van der Waals surface area (Å²) in [5, 5.41) is 8.92. The molecule has 3 rings (SSSR count). The molecular weight excluding hydrogens is 263 g/mol. The summed E-state index contributed by atoms with van der Waals surface area (Å²) in [6, 6.07) is 4.26. The SMILES string of the molecule is O=C(O)N1CCC(N2Cc3cc(F)ccc3C2=O)CC1. The van der Waals surface area contributed by atoms with Gasteiger partial charge in [0.05, 0.1) is 0 Å². The van der Waals surface area contributed by atoms with Crippen LogP contribution in [0.1, 0.15) is 28.8 Å². The number of carboxylic acid groups (broad SMARTS) is 1. The highest BCUT2D eigenvalue weighted by Crippen LogP contribution is 2.28. The van der Waals surface area contributed by atoms with E-state index in [1.807, 2.05) is 0 Å². The number of likely N-dealkylation sites (tertiary alicyclic amines) is 1. The smallest absolute Gasteiger partial charge is 0.407 e. The lowest BCUT2D eigenvalue weighted by Gasteiger charge is -2.35. The molecule has 0 aliphatic carbocycles. The van der Waals surface area contributed by atoms with E-state index in [0.717, 1.165) is 5.56 Å². The summed E-state index contributed by atoms with van der Waals surface area (Å²) < 4.78 is 13.2. The number of nitrogens with zero attached hydrogens (tertiary/aromatic N) is 2. The van der Waals surface area contributed by atoms with Gasteiger partial charge in [0, 0.05) is 31.2 Å². The molecule has 1 aromatic carbocycles. The predicted octanol–water partition coefficient (Wildman–Crippen LogP) is 1.92. The highest BCUT2D eigenvalue weighted by atomic mass is 19.1. The van der Waals surface area contributed by atoms with Gasteiger partial charge in [0.25, 0.3) is 5.91 Å². The first-order valence-corrected chi connectivity index (χ1v) is 6.63. The lowest BCUT2D eigenvalue weighted by atomic mass is 10.0. The third-order valence-electron chi connectivity index (χ3n) is 4.08. The fraction of sp³-hybridized carbons (Fsp3) is 0.429. The third-order valence-corrected chi connectivity index (χ3v) is 4.08. The number of hydrogen-bond donors (Lipinski definition) is 1. The van der Waals surface area contributed by atoms with Crippen LogP contribution in [0.15, 0.2) is 18.2 Å². The maximum atomic E-state index is 13.2. The van der Waals surface area contributed by atoms with E-state index in [1.165, 1.54) is 23.1 Å². The standard InChI is InChI=1S/C14H15FN2O3/c15-10-1-2-12-9(7-10)8-17(13(12)18)11-3-5-16(6-4-11)14(19)20/h1-2,7,11H,3-6,8H2,(H,19,20). The molecule has 20 heavy (non-hydrogen) atoms. The molecule has 2 heterocycles. The Morgan fingerprint density at radius 1 is 1.30 bits per heavy atom. The van der Waals surface area contributed by atoms with Gasteiger partial charge in [0.2, 0.25) is 0 Å². The second-order valence-corrected chi connectivity index (χ2v) is 5.24. The average Bonchev–Trinajstić information content (AvgIpc) is 2.75. The maximum Gasteiger partial charge on any atom is 0.407 e. The van der Waals surface area contributed by atoms with Gasteiger partial charge in [-0.25, -0.2) is 9.18 Å². The van der Waals surface area contributed by atoms with Crippen molar-refractivity contribution < 1.29 is 19.1 Å². The van der Waals surface area contributed by atoms with Crippen LogP contribution in [0.2, 0.25) is 0 Å². The summed E-state index contributed by atoms with van der Waals surface area (Å²) in [6.07, 6.45) is 0.352. The van der Waals surface area contributed by atoms with Gasteiger partial charge in [-0.1, -0.05) is 0 Å². The van der Waals surface area contributed by atoms with Crippen LogP contribution < -0.4 is 0 Å². The molecule has 2 amide bonds. The zero-order valence-corrected chi connectivity index (χ0v) is 10.9. The molecule has 1 N–H and O–H groups in total. The van der Waals surface area contributed by atoms with Gasteiger partial charge >= 0.3 is 6.09 Å². The molecule has 0 radical (unpaired) electrons. The van der Waals surface area contributed by atoms with Crippen molar-refractivity contribution in [1.29, 1.82) is 0 Å². The number of hydrogen-bond acceptors (Lipinski definition) is 2. The number of amides is 2. The Morgan fingerprint density at radius 3 is 2.65 bits per heavy atom. The Morgan fingerprint density at radius 2 is 2.00 bits per heavy atom. The molecule has 6 heteroatoms. The molecule has 0 saturated carbocycles. The van der Waals surface area contributed by atoms with Crippen LogP contribution in [0.3, 0.4) is 0 Å². The number of piperidine rings is 1. The number of fused-ring (bicyclic) bond motifs is 1. The highest BCUT2D eigenvalue weighted by molar-refractivity contribution is 5.98. The van der Waals surface area contributed by atoms with Crippen molar-refractivity contribution in [3.8, 4) is 0 Å². The van der Waals surface area contributed by atoms with Crippen molar-refractivity contribution in [2.45, 2.75) is 25.4 Å². The lowest BCUT2D eigenvalue weighted by Crippen LogP contribution is -2.46. The fourth-order valence-corrected chi connectivity index (χ4v) is 2.98. The summed E-state index contributed by atoms with van der Waals surface area (Å²) in [4.78, 5) is 26.3. The van der Waals surface area contributed by atoms with E-state index in [4.69, 9.17) is 5.11 Å². The van der Waals surface area contributed by atoms with Crippen LogP contribution in [0.25, 0.3) is 0 Å². The molecule has 0 spiro atoms. The highest BCUT2D eigenvalue weighted by Gasteiger charge is 2.35. The van der Waals surface area contributed by atoms with Crippen molar-refractivity contribution in [1.82, 2.24) is 9.80 Å². The molecule has 0 aromatic heterocycles. The summed E-state index contributed by atoms with van der Waals surface area (Å²) in [5.74, 6) is -0.409. The molecule has 1 fully saturated rings. The molecular formula is C14H15FN2O3. The van der Waals surface area contributed by atoms with Crippen molar-refractivity contribution in [2.24, 2.45) is 0 Å². The van der Waals surface area contributed by atoms with Crippen molar-refractivity contribution >= 4 is 12.0 Å². The van der Waals surface area contributed by atoms with Gasteiger partial charge in [0.15, 0.2) is 0 Å². The van der Waals surface area contributed by atoms with Gasteiger partial charge in [0.1, 0.15) is 5.82 Å². The van der Waals surface area contributed by atoms with Crippen molar-refractivity contribution in [2.75, 3.05) is 13.1 Å². The first-order chi connectivity index (χ1) is 9.56. The Labute approximate surface area is 115 Å². The third kappa shape index (κ3) is 2.11. The molecule has 0 bridgehead atoms. The van der Waals surface area contributed by atoms with E-state index in [2.05, 4.69) is 0 Å². The first kappa shape index (κ1) is 12.9.